The molecule has 0 aliphatic carbocycles. The third-order valence-electron chi connectivity index (χ3n) is 7.41. The molecular formula is C32H48N8O8S. The van der Waals surface area contributed by atoms with Crippen LogP contribution in [-0.4, -0.2) is 92.3 Å². The lowest BCUT2D eigenvalue weighted by Crippen LogP contribution is -2.76. The summed E-state index contributed by atoms with van der Waals surface area (Å²) in [6.07, 6.45) is -2.19. The molecule has 0 saturated carbocycles. The molecule has 1 heterocycles. The van der Waals surface area contributed by atoms with Crippen molar-refractivity contribution in [3.8, 4) is 0 Å². The number of hydrogen-bond donors (Lipinski definition) is 7. The number of carboxylic acid groups (broad SMARTS) is 2. The molecule has 0 fully saturated rings. The second kappa shape index (κ2) is 16.0. The number of hydrogen-bond acceptors (Lipinski definition) is 9. The van der Waals surface area contributed by atoms with Crippen LogP contribution >= 0.6 is 11.3 Å². The second-order valence-corrected chi connectivity index (χ2v) is 14.7. The Bertz CT molecular complexity index is 1550. The SMILES string of the molecule is CC(=O)Nc1nc(CCc2ccc(N[C@@](NC(=O)O)(N(C(=O)O)C(C)(C)C)C(C)(C)C)cc2)c(C(=O)NC(CCC(N)=O)C(=O)N(C)C)s1. The van der Waals surface area contributed by atoms with E-state index in [1.165, 1.54) is 25.9 Å². The first-order valence-electron chi connectivity index (χ1n) is 15.5. The zero-order chi connectivity index (χ0) is 37.5. The number of nitrogens with two attached hydrogens (primary N) is 1. The van der Waals surface area contributed by atoms with Crippen LogP contribution in [0.1, 0.15) is 82.2 Å². The number of likely N-dealkylation sites (N-methyl/N-ethyl adjacent to an activating group) is 1. The first-order chi connectivity index (χ1) is 22.5. The quantitative estimate of drug-likeness (QED) is 0.141. The van der Waals surface area contributed by atoms with Crippen LogP contribution in [0.3, 0.4) is 0 Å². The summed E-state index contributed by atoms with van der Waals surface area (Å²) in [5.74, 6) is -3.79. The summed E-state index contributed by atoms with van der Waals surface area (Å²) in [5.41, 5.74) is 4.91. The molecule has 0 radical (unpaired) electrons. The number of carbonyl (C=O) groups is 6. The van der Waals surface area contributed by atoms with Gasteiger partial charge in [-0.05, 0) is 57.7 Å². The van der Waals surface area contributed by atoms with Gasteiger partial charge in [-0.25, -0.2) is 14.6 Å². The predicted octanol–water partition coefficient (Wildman–Crippen LogP) is 3.50. The Hall–Kier alpha value is -4.93. The van der Waals surface area contributed by atoms with Crippen LogP contribution in [0.4, 0.5) is 20.4 Å². The fourth-order valence-corrected chi connectivity index (χ4v) is 6.11. The molecular weight excluding hydrogens is 656 g/mol. The highest BCUT2D eigenvalue weighted by atomic mass is 32.1. The van der Waals surface area contributed by atoms with E-state index >= 15 is 0 Å². The number of thiazole rings is 1. The second-order valence-electron chi connectivity index (χ2n) is 13.7. The number of primary amides is 1. The zero-order valence-electron chi connectivity index (χ0n) is 29.4. The number of nitrogens with zero attached hydrogens (tertiary/aromatic N) is 3. The van der Waals surface area contributed by atoms with Crippen LogP contribution < -0.4 is 27.0 Å². The normalized spacial score (nSPS) is 13.3. The maximum Gasteiger partial charge on any atom is 0.411 e. The van der Waals surface area contributed by atoms with Gasteiger partial charge < -0.3 is 36.8 Å². The van der Waals surface area contributed by atoms with E-state index in [0.717, 1.165) is 21.8 Å². The van der Waals surface area contributed by atoms with Crippen LogP contribution in [0, 0.1) is 5.41 Å². The minimum absolute atomic E-state index is 0.00359. The monoisotopic (exact) mass is 704 g/mol. The van der Waals surface area contributed by atoms with Crippen LogP contribution in [0.5, 0.6) is 0 Å². The van der Waals surface area contributed by atoms with Gasteiger partial charge in [0.05, 0.1) is 5.69 Å². The van der Waals surface area contributed by atoms with E-state index in [0.29, 0.717) is 17.8 Å². The van der Waals surface area contributed by atoms with Crippen LogP contribution in [0.2, 0.25) is 0 Å². The average Bonchev–Trinajstić information content (AvgIpc) is 3.34. The Labute approximate surface area is 289 Å². The topological polar surface area (TPSA) is 236 Å². The van der Waals surface area contributed by atoms with Gasteiger partial charge in [-0.2, -0.15) is 0 Å². The van der Waals surface area contributed by atoms with Crippen molar-refractivity contribution in [2.75, 3.05) is 24.7 Å². The van der Waals surface area contributed by atoms with E-state index in [9.17, 15) is 39.0 Å². The molecule has 0 aliphatic heterocycles. The molecule has 2 aromatic rings. The van der Waals surface area contributed by atoms with E-state index < -0.39 is 52.7 Å². The van der Waals surface area contributed by atoms with Crippen LogP contribution in [0.15, 0.2) is 24.3 Å². The molecule has 6 amide bonds. The van der Waals surface area contributed by atoms with E-state index in [4.69, 9.17) is 5.73 Å². The number of nitrogens with one attached hydrogen (secondary N) is 4. The number of aryl methyl sites for hydroxylation is 2. The number of carbonyl (C=O) groups excluding carboxylic acids is 4. The zero-order valence-corrected chi connectivity index (χ0v) is 30.2. The molecule has 1 aromatic heterocycles. The molecule has 16 nitrogen and oxygen atoms in total. The average molecular weight is 705 g/mol. The van der Waals surface area contributed by atoms with Crippen molar-refractivity contribution in [1.82, 2.24) is 25.4 Å². The highest BCUT2D eigenvalue weighted by Gasteiger charge is 2.54. The van der Waals surface area contributed by atoms with Crippen molar-refractivity contribution in [1.29, 1.82) is 0 Å². The third-order valence-corrected chi connectivity index (χ3v) is 8.42. The molecule has 8 N–H and O–H groups in total. The molecule has 0 bridgehead atoms. The number of benzene rings is 1. The molecule has 2 rings (SSSR count). The van der Waals surface area contributed by atoms with Gasteiger partial charge in [0.15, 0.2) is 5.13 Å². The molecule has 17 heteroatoms. The van der Waals surface area contributed by atoms with E-state index in [1.807, 2.05) is 0 Å². The molecule has 1 unspecified atom stereocenters. The predicted molar refractivity (Wildman–Crippen MR) is 185 cm³/mol. The maximum absolute atomic E-state index is 13.4. The number of rotatable bonds is 14. The summed E-state index contributed by atoms with van der Waals surface area (Å²) in [6.45, 7) is 11.5. The lowest BCUT2D eigenvalue weighted by molar-refractivity contribution is -0.131. The highest BCUT2D eigenvalue weighted by molar-refractivity contribution is 7.17. The molecule has 0 aliphatic rings. The van der Waals surface area contributed by atoms with Crippen LogP contribution in [0.25, 0.3) is 0 Å². The Balaban J connectivity index is 2.40. The highest BCUT2D eigenvalue weighted by Crippen LogP contribution is 2.39. The Morgan fingerprint density at radius 3 is 2.00 bits per heavy atom. The van der Waals surface area contributed by atoms with Gasteiger partial charge in [-0.15, -0.1) is 0 Å². The van der Waals surface area contributed by atoms with Crippen LogP contribution in [-0.2, 0) is 27.2 Å². The van der Waals surface area contributed by atoms with Gasteiger partial charge in [-0.3, -0.25) is 29.4 Å². The fourth-order valence-electron chi connectivity index (χ4n) is 5.15. The smallest absolute Gasteiger partial charge is 0.411 e. The molecule has 270 valence electrons. The molecule has 1 aromatic carbocycles. The maximum atomic E-state index is 13.4. The van der Waals surface area contributed by atoms with Gasteiger partial charge >= 0.3 is 12.2 Å². The van der Waals surface area contributed by atoms with E-state index in [2.05, 4.69) is 26.3 Å². The largest absolute Gasteiger partial charge is 0.465 e. The van der Waals surface area contributed by atoms with Crippen molar-refractivity contribution in [3.63, 3.8) is 0 Å². The van der Waals surface area contributed by atoms with Gasteiger partial charge in [0.25, 0.3) is 5.91 Å². The van der Waals surface area contributed by atoms with Crippen molar-refractivity contribution in [2.24, 2.45) is 11.1 Å². The summed E-state index contributed by atoms with van der Waals surface area (Å²) >= 11 is 0.951. The minimum atomic E-state index is -1.78. The van der Waals surface area contributed by atoms with Crippen molar-refractivity contribution < 1.29 is 39.0 Å². The van der Waals surface area contributed by atoms with Gasteiger partial charge in [-0.1, -0.05) is 44.2 Å². The molecule has 2 atom stereocenters. The summed E-state index contributed by atoms with van der Waals surface area (Å²) in [7, 11) is 3.05. The van der Waals surface area contributed by atoms with Gasteiger partial charge in [0.2, 0.25) is 23.5 Å². The van der Waals surface area contributed by atoms with Crippen molar-refractivity contribution >= 4 is 58.0 Å². The third kappa shape index (κ3) is 10.8. The lowest BCUT2D eigenvalue weighted by atomic mass is 9.82. The summed E-state index contributed by atoms with van der Waals surface area (Å²) in [5, 5.41) is 31.1. The van der Waals surface area contributed by atoms with E-state index in [-0.39, 0.29) is 35.2 Å². The summed E-state index contributed by atoms with van der Waals surface area (Å²) < 4.78 is 0. The minimum Gasteiger partial charge on any atom is -0.465 e. The number of anilines is 2. The fraction of sp³-hybridized carbons (Fsp3) is 0.531. The Morgan fingerprint density at radius 2 is 1.55 bits per heavy atom. The lowest BCUT2D eigenvalue weighted by Gasteiger charge is -2.55. The molecule has 49 heavy (non-hydrogen) atoms. The van der Waals surface area contributed by atoms with Gasteiger partial charge in [0.1, 0.15) is 10.9 Å². The number of amides is 6. The Morgan fingerprint density at radius 1 is 0.959 bits per heavy atom. The summed E-state index contributed by atoms with van der Waals surface area (Å²) in [4.78, 5) is 80.9. The van der Waals surface area contributed by atoms with Gasteiger partial charge in [0, 0.05) is 44.1 Å². The first-order valence-corrected chi connectivity index (χ1v) is 16.3. The summed E-state index contributed by atoms with van der Waals surface area (Å²) in [6, 6.07) is 5.91. The number of aromatic nitrogens is 1. The first kappa shape index (κ1) is 40.2. The molecule has 0 spiro atoms. The van der Waals surface area contributed by atoms with Crippen molar-refractivity contribution in [3.05, 3.63) is 40.4 Å². The van der Waals surface area contributed by atoms with E-state index in [1.54, 1.807) is 65.8 Å². The standard InChI is InChI=1S/C32H48N8O8S/c1-18(41)34-27-36-21(24(49-27)25(43)35-22(16-17-23(33)42)26(44)39(8)9)15-12-19-10-13-20(14-11-19)37-32(30(2,3)4,38-28(45)46)40(29(47)48)31(5,6)7/h10-11,13-14,22,37-38H,12,15-17H2,1-9H3,(H2,33,42)(H,35,43)(H,45,46)(H,47,48)(H,34,36,41)/t22?,32-/m0/s1. The Kier molecular flexibility index (Phi) is 13.1. The van der Waals surface area contributed by atoms with Crippen molar-refractivity contribution in [2.45, 2.75) is 91.5 Å². The molecule has 0 saturated heterocycles.